The van der Waals surface area contributed by atoms with Gasteiger partial charge in [0.1, 0.15) is 0 Å². The van der Waals surface area contributed by atoms with E-state index in [9.17, 15) is 0 Å². The summed E-state index contributed by atoms with van der Waals surface area (Å²) in [6.45, 7) is 6.84. The van der Waals surface area contributed by atoms with Gasteiger partial charge in [-0.15, -0.1) is 0 Å². The molecule has 2 heteroatoms. The first-order valence-corrected chi connectivity index (χ1v) is 5.91. The summed E-state index contributed by atoms with van der Waals surface area (Å²) in [7, 11) is 0. The molecule has 1 aliphatic rings. The average Bonchev–Trinajstić information content (AvgIpc) is 2.76. The van der Waals surface area contributed by atoms with Crippen LogP contribution in [0.15, 0.2) is 30.3 Å². The zero-order chi connectivity index (χ0) is 10.5. The van der Waals surface area contributed by atoms with Gasteiger partial charge < -0.3 is 10.2 Å². The predicted octanol–water partition coefficient (Wildman–Crippen LogP) is 2.12. The van der Waals surface area contributed by atoms with Gasteiger partial charge in [-0.3, -0.25) is 0 Å². The number of para-hydroxylation sites is 1. The Morgan fingerprint density at radius 2 is 2.13 bits per heavy atom. The standard InChI is InChI=1S/C13H20N2/c1-2-14-10-12-8-9-15(11-12)13-6-4-3-5-7-13/h3-7,12,14H,2,8-11H2,1H3. The number of nitrogens with zero attached hydrogens (tertiary/aromatic N) is 1. The Kier molecular flexibility index (Phi) is 3.62. The van der Waals surface area contributed by atoms with Crippen molar-refractivity contribution < 1.29 is 0 Å². The van der Waals surface area contributed by atoms with Crippen LogP contribution in [0, 0.1) is 5.92 Å². The molecule has 1 atom stereocenters. The van der Waals surface area contributed by atoms with Crippen LogP contribution >= 0.6 is 0 Å². The van der Waals surface area contributed by atoms with E-state index < -0.39 is 0 Å². The first-order chi connectivity index (χ1) is 7.40. The zero-order valence-corrected chi connectivity index (χ0v) is 9.45. The second-order valence-electron chi connectivity index (χ2n) is 4.24. The Bertz CT molecular complexity index is 284. The number of hydrogen-bond donors (Lipinski definition) is 1. The lowest BCUT2D eigenvalue weighted by atomic mass is 10.1. The third-order valence-corrected chi connectivity index (χ3v) is 3.09. The van der Waals surface area contributed by atoms with Crippen LogP contribution in [0.5, 0.6) is 0 Å². The number of anilines is 1. The van der Waals surface area contributed by atoms with Crippen molar-refractivity contribution in [3.05, 3.63) is 30.3 Å². The molecule has 1 fully saturated rings. The highest BCUT2D eigenvalue weighted by Gasteiger charge is 2.21. The molecule has 1 heterocycles. The topological polar surface area (TPSA) is 15.3 Å². The summed E-state index contributed by atoms with van der Waals surface area (Å²) in [4.78, 5) is 2.49. The Balaban J connectivity index is 1.87. The van der Waals surface area contributed by atoms with Crippen molar-refractivity contribution in [3.63, 3.8) is 0 Å². The molecule has 1 aliphatic heterocycles. The summed E-state index contributed by atoms with van der Waals surface area (Å²) >= 11 is 0. The molecule has 0 saturated carbocycles. The average molecular weight is 204 g/mol. The molecule has 2 rings (SSSR count). The van der Waals surface area contributed by atoms with Gasteiger partial charge in [-0.05, 0) is 37.6 Å². The predicted molar refractivity (Wildman–Crippen MR) is 65.3 cm³/mol. The molecule has 0 aromatic heterocycles. The second-order valence-corrected chi connectivity index (χ2v) is 4.24. The van der Waals surface area contributed by atoms with Crippen molar-refractivity contribution >= 4 is 5.69 Å². The fourth-order valence-corrected chi connectivity index (χ4v) is 2.22. The van der Waals surface area contributed by atoms with Crippen LogP contribution in [0.3, 0.4) is 0 Å². The van der Waals surface area contributed by atoms with Crippen LogP contribution in [0.25, 0.3) is 0 Å². The van der Waals surface area contributed by atoms with Crippen LogP contribution < -0.4 is 10.2 Å². The van der Waals surface area contributed by atoms with Gasteiger partial charge in [0.05, 0.1) is 0 Å². The monoisotopic (exact) mass is 204 g/mol. The molecule has 0 amide bonds. The molecular formula is C13H20N2. The highest BCUT2D eigenvalue weighted by molar-refractivity contribution is 5.46. The second kappa shape index (κ2) is 5.17. The first-order valence-electron chi connectivity index (χ1n) is 5.91. The molecule has 0 radical (unpaired) electrons. The Morgan fingerprint density at radius 3 is 2.87 bits per heavy atom. The minimum atomic E-state index is 0.824. The molecule has 1 N–H and O–H groups in total. The normalized spacial score (nSPS) is 20.9. The molecule has 0 spiro atoms. The van der Waals surface area contributed by atoms with Gasteiger partial charge in [0, 0.05) is 18.8 Å². The molecule has 82 valence electrons. The third-order valence-electron chi connectivity index (χ3n) is 3.09. The molecule has 2 nitrogen and oxygen atoms in total. The smallest absolute Gasteiger partial charge is 0.0366 e. The van der Waals surface area contributed by atoms with Gasteiger partial charge in [-0.25, -0.2) is 0 Å². The fraction of sp³-hybridized carbons (Fsp3) is 0.538. The van der Waals surface area contributed by atoms with Crippen molar-refractivity contribution in [2.45, 2.75) is 13.3 Å². The maximum absolute atomic E-state index is 3.44. The van der Waals surface area contributed by atoms with E-state index in [1.807, 2.05) is 0 Å². The van der Waals surface area contributed by atoms with E-state index in [4.69, 9.17) is 0 Å². The lowest BCUT2D eigenvalue weighted by Crippen LogP contribution is -2.26. The molecule has 1 aromatic rings. The van der Waals surface area contributed by atoms with Crippen molar-refractivity contribution in [1.82, 2.24) is 5.32 Å². The van der Waals surface area contributed by atoms with E-state index in [0.29, 0.717) is 0 Å². The molecule has 1 aromatic carbocycles. The van der Waals surface area contributed by atoms with Crippen LogP contribution in [0.2, 0.25) is 0 Å². The maximum atomic E-state index is 3.44. The molecule has 1 unspecified atom stereocenters. The van der Waals surface area contributed by atoms with E-state index in [2.05, 4.69) is 47.5 Å². The summed E-state index contributed by atoms with van der Waals surface area (Å²) < 4.78 is 0. The van der Waals surface area contributed by atoms with Crippen LogP contribution in [0.1, 0.15) is 13.3 Å². The molecule has 15 heavy (non-hydrogen) atoms. The van der Waals surface area contributed by atoms with Crippen LogP contribution in [-0.2, 0) is 0 Å². The number of rotatable bonds is 4. The van der Waals surface area contributed by atoms with Crippen molar-refractivity contribution in [2.75, 3.05) is 31.1 Å². The van der Waals surface area contributed by atoms with Crippen molar-refractivity contribution in [2.24, 2.45) is 5.92 Å². The van der Waals surface area contributed by atoms with E-state index >= 15 is 0 Å². The van der Waals surface area contributed by atoms with Crippen molar-refractivity contribution in [1.29, 1.82) is 0 Å². The summed E-state index contributed by atoms with van der Waals surface area (Å²) in [5.41, 5.74) is 1.37. The van der Waals surface area contributed by atoms with E-state index in [0.717, 1.165) is 12.5 Å². The Morgan fingerprint density at radius 1 is 1.33 bits per heavy atom. The largest absolute Gasteiger partial charge is 0.371 e. The maximum Gasteiger partial charge on any atom is 0.0366 e. The summed E-state index contributed by atoms with van der Waals surface area (Å²) in [6, 6.07) is 10.7. The van der Waals surface area contributed by atoms with Crippen molar-refractivity contribution in [3.8, 4) is 0 Å². The highest BCUT2D eigenvalue weighted by Crippen LogP contribution is 2.22. The van der Waals surface area contributed by atoms with Crippen LogP contribution in [-0.4, -0.2) is 26.2 Å². The number of benzene rings is 1. The lowest BCUT2D eigenvalue weighted by Gasteiger charge is -2.18. The lowest BCUT2D eigenvalue weighted by molar-refractivity contribution is 0.528. The highest BCUT2D eigenvalue weighted by atomic mass is 15.2. The molecule has 0 bridgehead atoms. The summed E-state index contributed by atoms with van der Waals surface area (Å²) in [6.07, 6.45) is 1.32. The SMILES string of the molecule is CCNCC1CCN(c2ccccc2)C1. The van der Waals surface area contributed by atoms with E-state index in [-0.39, 0.29) is 0 Å². The quantitative estimate of drug-likeness (QED) is 0.808. The van der Waals surface area contributed by atoms with Gasteiger partial charge in [0.25, 0.3) is 0 Å². The Hall–Kier alpha value is -1.02. The summed E-state index contributed by atoms with van der Waals surface area (Å²) in [5, 5.41) is 3.44. The summed E-state index contributed by atoms with van der Waals surface area (Å²) in [5.74, 6) is 0.824. The minimum Gasteiger partial charge on any atom is -0.371 e. The first kappa shape index (κ1) is 10.5. The number of hydrogen-bond acceptors (Lipinski definition) is 2. The third kappa shape index (κ3) is 2.72. The van der Waals surface area contributed by atoms with Gasteiger partial charge >= 0.3 is 0 Å². The molecular weight excluding hydrogens is 184 g/mol. The van der Waals surface area contributed by atoms with Gasteiger partial charge in [0.2, 0.25) is 0 Å². The van der Waals surface area contributed by atoms with E-state index in [1.165, 1.54) is 31.7 Å². The fourth-order valence-electron chi connectivity index (χ4n) is 2.22. The number of nitrogens with one attached hydrogen (secondary N) is 1. The zero-order valence-electron chi connectivity index (χ0n) is 9.45. The van der Waals surface area contributed by atoms with Crippen LogP contribution in [0.4, 0.5) is 5.69 Å². The minimum absolute atomic E-state index is 0.824. The van der Waals surface area contributed by atoms with Gasteiger partial charge in [-0.2, -0.15) is 0 Å². The molecule has 1 saturated heterocycles. The molecule has 0 aliphatic carbocycles. The van der Waals surface area contributed by atoms with Gasteiger partial charge in [0.15, 0.2) is 0 Å². The van der Waals surface area contributed by atoms with E-state index in [1.54, 1.807) is 0 Å². The van der Waals surface area contributed by atoms with Gasteiger partial charge in [-0.1, -0.05) is 25.1 Å². The Labute approximate surface area is 92.3 Å².